The fraction of sp³-hybridized carbons (Fsp3) is 0.250. The Morgan fingerprint density at radius 3 is 3.00 bits per heavy atom. The van der Waals surface area contributed by atoms with E-state index in [1.807, 2.05) is 6.92 Å². The number of aryl methyl sites for hydroxylation is 1. The van der Waals surface area contributed by atoms with Crippen molar-refractivity contribution in [1.29, 1.82) is 0 Å². The van der Waals surface area contributed by atoms with Crippen LogP contribution in [0.5, 0.6) is 0 Å². The highest BCUT2D eigenvalue weighted by molar-refractivity contribution is 6.32. The van der Waals surface area contributed by atoms with E-state index in [-0.39, 0.29) is 0 Å². The highest BCUT2D eigenvalue weighted by atomic mass is 35.5. The van der Waals surface area contributed by atoms with Crippen LogP contribution < -0.4 is 5.32 Å². The Bertz CT molecular complexity index is 583. The van der Waals surface area contributed by atoms with Gasteiger partial charge in [0.1, 0.15) is 5.69 Å². The fourth-order valence-electron chi connectivity index (χ4n) is 1.99. The zero-order chi connectivity index (χ0) is 11.8. The molecule has 0 fully saturated rings. The molecule has 0 atom stereocenters. The van der Waals surface area contributed by atoms with Gasteiger partial charge in [0, 0.05) is 30.5 Å². The number of rotatable bonds is 1. The van der Waals surface area contributed by atoms with Crippen LogP contribution in [0.1, 0.15) is 17.0 Å². The van der Waals surface area contributed by atoms with Crippen molar-refractivity contribution in [2.24, 2.45) is 0 Å². The number of hydrogen-bond donors (Lipinski definition) is 1. The summed E-state index contributed by atoms with van der Waals surface area (Å²) < 4.78 is 0. The van der Waals surface area contributed by atoms with E-state index in [0.717, 1.165) is 24.5 Å². The minimum absolute atomic E-state index is 0.581. The van der Waals surface area contributed by atoms with Crippen LogP contribution in [0.25, 0.3) is 11.5 Å². The summed E-state index contributed by atoms with van der Waals surface area (Å²) in [5.74, 6) is 0.607. The van der Waals surface area contributed by atoms with Crippen molar-refractivity contribution in [3.05, 3.63) is 40.3 Å². The first kappa shape index (κ1) is 10.6. The number of nitrogens with one attached hydrogen (secondary N) is 1. The van der Waals surface area contributed by atoms with Crippen molar-refractivity contribution < 1.29 is 0 Å². The minimum Gasteiger partial charge on any atom is -0.307 e. The summed E-state index contributed by atoms with van der Waals surface area (Å²) in [5, 5.41) is 3.85. The number of nitrogens with zero attached hydrogens (tertiary/aromatic N) is 3. The number of hydrogen-bond acceptors (Lipinski definition) is 4. The highest BCUT2D eigenvalue weighted by Crippen LogP contribution is 2.25. The van der Waals surface area contributed by atoms with E-state index >= 15 is 0 Å². The number of halogens is 1. The summed E-state index contributed by atoms with van der Waals surface area (Å²) >= 11 is 6.10. The lowest BCUT2D eigenvalue weighted by atomic mass is 10.2. The second-order valence-corrected chi connectivity index (χ2v) is 4.40. The number of pyridine rings is 1. The van der Waals surface area contributed by atoms with Gasteiger partial charge < -0.3 is 5.32 Å². The Balaban J connectivity index is 2.17. The van der Waals surface area contributed by atoms with Crippen LogP contribution in [0.4, 0.5) is 0 Å². The average Bonchev–Trinajstić information content (AvgIpc) is 2.78. The smallest absolute Gasteiger partial charge is 0.180 e. The van der Waals surface area contributed by atoms with Gasteiger partial charge in [-0.3, -0.25) is 4.98 Å². The van der Waals surface area contributed by atoms with E-state index in [0.29, 0.717) is 16.5 Å². The monoisotopic (exact) mass is 246 g/mol. The molecule has 1 N–H and O–H groups in total. The molecule has 1 aliphatic rings. The standard InChI is InChI=1S/C12H11ClN4/c1-7-8-5-14-6-10(8)17-12(16-7)11-9(13)3-2-4-15-11/h2-4,14H,5-6H2,1H3. The maximum Gasteiger partial charge on any atom is 0.180 e. The molecule has 3 heterocycles. The van der Waals surface area contributed by atoms with Crippen LogP contribution in [0, 0.1) is 6.92 Å². The molecule has 1 aliphatic heterocycles. The van der Waals surface area contributed by atoms with E-state index in [4.69, 9.17) is 11.6 Å². The van der Waals surface area contributed by atoms with Gasteiger partial charge in [-0.15, -0.1) is 0 Å². The normalized spacial score (nSPS) is 13.8. The molecule has 0 saturated heterocycles. The SMILES string of the molecule is Cc1nc(-c2ncccc2Cl)nc2c1CNC2. The van der Waals surface area contributed by atoms with Crippen molar-refractivity contribution >= 4 is 11.6 Å². The third kappa shape index (κ3) is 1.79. The van der Waals surface area contributed by atoms with Gasteiger partial charge in [0.25, 0.3) is 0 Å². The molecule has 0 spiro atoms. The van der Waals surface area contributed by atoms with E-state index in [1.165, 1.54) is 5.56 Å². The lowest BCUT2D eigenvalue weighted by molar-refractivity contribution is 0.757. The molecule has 0 radical (unpaired) electrons. The quantitative estimate of drug-likeness (QED) is 0.837. The van der Waals surface area contributed by atoms with Crippen LogP contribution in [0.3, 0.4) is 0 Å². The fourth-order valence-corrected chi connectivity index (χ4v) is 2.20. The predicted octanol–water partition coefficient (Wildman–Crippen LogP) is 2.10. The van der Waals surface area contributed by atoms with E-state index in [1.54, 1.807) is 18.3 Å². The Morgan fingerprint density at radius 2 is 2.18 bits per heavy atom. The van der Waals surface area contributed by atoms with Crippen LogP contribution in [-0.2, 0) is 13.1 Å². The third-order valence-electron chi connectivity index (χ3n) is 2.86. The first-order valence-electron chi connectivity index (χ1n) is 5.43. The van der Waals surface area contributed by atoms with Crippen LogP contribution >= 0.6 is 11.6 Å². The van der Waals surface area contributed by atoms with Crippen molar-refractivity contribution in [1.82, 2.24) is 20.3 Å². The Kier molecular flexibility index (Phi) is 2.53. The van der Waals surface area contributed by atoms with Gasteiger partial charge in [0.15, 0.2) is 5.82 Å². The molecular formula is C12H11ClN4. The van der Waals surface area contributed by atoms with Gasteiger partial charge in [0.05, 0.1) is 10.7 Å². The van der Waals surface area contributed by atoms with Crippen molar-refractivity contribution in [3.63, 3.8) is 0 Å². The lowest BCUT2D eigenvalue weighted by Gasteiger charge is -2.06. The summed E-state index contributed by atoms with van der Waals surface area (Å²) in [7, 11) is 0. The maximum absolute atomic E-state index is 6.10. The molecule has 5 heteroatoms. The van der Waals surface area contributed by atoms with Gasteiger partial charge in [0.2, 0.25) is 0 Å². The van der Waals surface area contributed by atoms with Gasteiger partial charge in [-0.2, -0.15) is 0 Å². The summed E-state index contributed by atoms with van der Waals surface area (Å²) in [6.07, 6.45) is 1.70. The molecule has 86 valence electrons. The third-order valence-corrected chi connectivity index (χ3v) is 3.17. The Morgan fingerprint density at radius 1 is 1.29 bits per heavy atom. The van der Waals surface area contributed by atoms with Gasteiger partial charge >= 0.3 is 0 Å². The molecule has 0 aliphatic carbocycles. The van der Waals surface area contributed by atoms with Crippen molar-refractivity contribution in [3.8, 4) is 11.5 Å². The molecule has 2 aromatic rings. The summed E-state index contributed by atoms with van der Waals surface area (Å²) in [4.78, 5) is 13.2. The van der Waals surface area contributed by atoms with E-state index < -0.39 is 0 Å². The van der Waals surface area contributed by atoms with Gasteiger partial charge in [-0.1, -0.05) is 11.6 Å². The van der Waals surface area contributed by atoms with Crippen molar-refractivity contribution in [2.45, 2.75) is 20.0 Å². The molecule has 0 amide bonds. The first-order chi connectivity index (χ1) is 8.25. The van der Waals surface area contributed by atoms with Gasteiger partial charge in [-0.25, -0.2) is 9.97 Å². The Labute approximate surface area is 104 Å². The minimum atomic E-state index is 0.581. The topological polar surface area (TPSA) is 50.7 Å². The number of aromatic nitrogens is 3. The molecule has 0 saturated carbocycles. The zero-order valence-electron chi connectivity index (χ0n) is 9.37. The second kappa shape index (κ2) is 4.05. The first-order valence-corrected chi connectivity index (χ1v) is 5.81. The molecule has 17 heavy (non-hydrogen) atoms. The van der Waals surface area contributed by atoms with Crippen LogP contribution in [0.2, 0.25) is 5.02 Å². The second-order valence-electron chi connectivity index (χ2n) is 4.00. The molecule has 0 aromatic carbocycles. The zero-order valence-corrected chi connectivity index (χ0v) is 10.1. The van der Waals surface area contributed by atoms with E-state index in [9.17, 15) is 0 Å². The molecule has 4 nitrogen and oxygen atoms in total. The molecular weight excluding hydrogens is 236 g/mol. The van der Waals surface area contributed by atoms with Crippen LogP contribution in [0.15, 0.2) is 18.3 Å². The van der Waals surface area contributed by atoms with E-state index in [2.05, 4.69) is 20.3 Å². The summed E-state index contributed by atoms with van der Waals surface area (Å²) in [6.45, 7) is 3.63. The van der Waals surface area contributed by atoms with Crippen molar-refractivity contribution in [2.75, 3.05) is 0 Å². The lowest BCUT2D eigenvalue weighted by Crippen LogP contribution is -2.01. The van der Waals surface area contributed by atoms with Gasteiger partial charge in [-0.05, 0) is 19.1 Å². The molecule has 0 unspecified atom stereocenters. The Hall–Kier alpha value is -1.52. The highest BCUT2D eigenvalue weighted by Gasteiger charge is 2.18. The molecule has 0 bridgehead atoms. The summed E-state index contributed by atoms with van der Waals surface area (Å²) in [5.41, 5.74) is 3.89. The average molecular weight is 247 g/mol. The maximum atomic E-state index is 6.10. The molecule has 2 aromatic heterocycles. The van der Waals surface area contributed by atoms with Crippen LogP contribution in [-0.4, -0.2) is 15.0 Å². The number of fused-ring (bicyclic) bond motifs is 1. The summed E-state index contributed by atoms with van der Waals surface area (Å²) in [6, 6.07) is 3.60. The predicted molar refractivity (Wildman–Crippen MR) is 65.6 cm³/mol. The largest absolute Gasteiger partial charge is 0.307 e. The molecule has 3 rings (SSSR count).